The zero-order valence-corrected chi connectivity index (χ0v) is 18.9. The molecule has 164 valence electrons. The van der Waals surface area contributed by atoms with E-state index in [2.05, 4.69) is 5.32 Å². The highest BCUT2D eigenvalue weighted by Crippen LogP contribution is 2.30. The third-order valence-corrected chi connectivity index (χ3v) is 7.48. The Balaban J connectivity index is 1.60. The van der Waals surface area contributed by atoms with Crippen molar-refractivity contribution in [2.75, 3.05) is 13.7 Å². The van der Waals surface area contributed by atoms with Crippen molar-refractivity contribution in [3.8, 4) is 11.1 Å². The number of hydrogen-bond acceptors (Lipinski definition) is 4. The Morgan fingerprint density at radius 2 is 1.97 bits per heavy atom. The van der Waals surface area contributed by atoms with Crippen molar-refractivity contribution in [2.45, 2.75) is 31.8 Å². The first-order chi connectivity index (χ1) is 15.7. The molecule has 1 N–H and O–H groups in total. The fourth-order valence-corrected chi connectivity index (χ4v) is 5.78. The van der Waals surface area contributed by atoms with Gasteiger partial charge >= 0.3 is 0 Å². The van der Waals surface area contributed by atoms with Crippen molar-refractivity contribution in [2.24, 2.45) is 5.92 Å². The molecule has 6 heteroatoms. The number of carbonyl (C=O) groups is 1. The van der Waals surface area contributed by atoms with Crippen LogP contribution >= 0.6 is 11.3 Å². The highest BCUT2D eigenvalue weighted by molar-refractivity contribution is 7.18. The summed E-state index contributed by atoms with van der Waals surface area (Å²) in [6, 6.07) is 15.2. The third kappa shape index (κ3) is 3.74. The molecule has 3 heterocycles. The van der Waals surface area contributed by atoms with E-state index < -0.39 is 0 Å². The molecule has 1 amide bonds. The predicted molar refractivity (Wildman–Crippen MR) is 130 cm³/mol. The van der Waals surface area contributed by atoms with Gasteiger partial charge in [-0.2, -0.15) is 0 Å². The average Bonchev–Trinajstić information content (AvgIpc) is 3.32. The van der Waals surface area contributed by atoms with Gasteiger partial charge in [-0.1, -0.05) is 43.2 Å². The van der Waals surface area contributed by atoms with Gasteiger partial charge in [0, 0.05) is 31.3 Å². The van der Waals surface area contributed by atoms with Crippen molar-refractivity contribution in [1.29, 1.82) is 0 Å². The average molecular weight is 447 g/mol. The number of rotatable bonds is 5. The normalized spacial score (nSPS) is 18.8. The maximum absolute atomic E-state index is 13.5. The second-order valence-corrected chi connectivity index (χ2v) is 9.33. The summed E-state index contributed by atoms with van der Waals surface area (Å²) >= 11 is 1.55. The van der Waals surface area contributed by atoms with Gasteiger partial charge in [0.25, 0.3) is 11.5 Å². The molecule has 1 fully saturated rings. The van der Waals surface area contributed by atoms with Crippen molar-refractivity contribution in [3.05, 3.63) is 76.0 Å². The molecular weight excluding hydrogens is 420 g/mol. The van der Waals surface area contributed by atoms with E-state index in [0.29, 0.717) is 29.1 Å². The van der Waals surface area contributed by atoms with Crippen LogP contribution in [0.15, 0.2) is 64.9 Å². The van der Waals surface area contributed by atoms with E-state index in [1.54, 1.807) is 35.1 Å². The zero-order chi connectivity index (χ0) is 22.1. The molecule has 2 unspecified atom stereocenters. The Morgan fingerprint density at radius 3 is 2.78 bits per heavy atom. The minimum atomic E-state index is -0.152. The van der Waals surface area contributed by atoms with Crippen LogP contribution in [0.4, 0.5) is 0 Å². The van der Waals surface area contributed by atoms with E-state index in [9.17, 15) is 9.59 Å². The smallest absolute Gasteiger partial charge is 0.263 e. The number of nitrogens with one attached hydrogen (secondary N) is 1. The maximum Gasteiger partial charge on any atom is 0.263 e. The lowest BCUT2D eigenvalue weighted by molar-refractivity contribution is 0.0239. The number of benzene rings is 1. The van der Waals surface area contributed by atoms with Crippen LogP contribution in [0.3, 0.4) is 0 Å². The van der Waals surface area contributed by atoms with E-state index in [1.165, 1.54) is 6.42 Å². The molecule has 0 aliphatic heterocycles. The molecule has 32 heavy (non-hydrogen) atoms. The van der Waals surface area contributed by atoms with Gasteiger partial charge in [0.15, 0.2) is 0 Å². The number of amides is 1. The quantitative estimate of drug-likeness (QED) is 0.463. The second-order valence-electron chi connectivity index (χ2n) is 8.41. The number of fused-ring (bicyclic) bond motifs is 3. The van der Waals surface area contributed by atoms with Gasteiger partial charge in [-0.15, -0.1) is 11.3 Å². The Bertz CT molecular complexity index is 1330. The molecular formula is C26H26N2O3S. The Hall–Kier alpha value is -2.96. The van der Waals surface area contributed by atoms with Gasteiger partial charge in [0.1, 0.15) is 0 Å². The first kappa shape index (κ1) is 20.9. The summed E-state index contributed by atoms with van der Waals surface area (Å²) in [6.45, 7) is 0.573. The predicted octanol–water partition coefficient (Wildman–Crippen LogP) is 5.12. The summed E-state index contributed by atoms with van der Waals surface area (Å²) in [5, 5.41) is 6.17. The van der Waals surface area contributed by atoms with Crippen molar-refractivity contribution >= 4 is 32.8 Å². The number of methoxy groups -OCH3 is 1. The number of carbonyl (C=O) groups excluding carboxylic acids is 1. The molecule has 5 rings (SSSR count). The monoisotopic (exact) mass is 446 g/mol. The molecule has 1 aliphatic carbocycles. The Morgan fingerprint density at radius 1 is 1.16 bits per heavy atom. The SMILES string of the molecule is COC1CCCCC1CNC(=O)c1cc(-c2ccccc2)c(=O)n2ccc3ccsc3c12. The number of pyridine rings is 2. The summed E-state index contributed by atoms with van der Waals surface area (Å²) in [7, 11) is 1.75. The first-order valence-electron chi connectivity index (χ1n) is 11.1. The van der Waals surface area contributed by atoms with Gasteiger partial charge in [0.2, 0.25) is 0 Å². The third-order valence-electron chi connectivity index (χ3n) is 6.54. The minimum Gasteiger partial charge on any atom is -0.381 e. The largest absolute Gasteiger partial charge is 0.381 e. The fourth-order valence-electron chi connectivity index (χ4n) is 4.84. The van der Waals surface area contributed by atoms with Gasteiger partial charge in [-0.05, 0) is 47.4 Å². The molecule has 0 spiro atoms. The second kappa shape index (κ2) is 8.88. The zero-order valence-electron chi connectivity index (χ0n) is 18.0. The van der Waals surface area contributed by atoms with Crippen LogP contribution in [0.2, 0.25) is 0 Å². The van der Waals surface area contributed by atoms with Crippen molar-refractivity contribution in [3.63, 3.8) is 0 Å². The molecule has 1 saturated carbocycles. The number of thiophene rings is 1. The van der Waals surface area contributed by atoms with Gasteiger partial charge in [-0.3, -0.25) is 14.0 Å². The summed E-state index contributed by atoms with van der Waals surface area (Å²) in [5.74, 6) is 0.159. The van der Waals surface area contributed by atoms with Crippen LogP contribution in [-0.2, 0) is 4.74 Å². The van der Waals surface area contributed by atoms with E-state index in [-0.39, 0.29) is 17.6 Å². The van der Waals surface area contributed by atoms with Crippen LogP contribution in [0.5, 0.6) is 0 Å². The number of nitrogens with zero attached hydrogens (tertiary/aromatic N) is 1. The molecule has 0 radical (unpaired) electrons. The summed E-state index contributed by atoms with van der Waals surface area (Å²) in [6.07, 6.45) is 6.39. The highest BCUT2D eigenvalue weighted by atomic mass is 32.1. The molecule has 1 aromatic carbocycles. The lowest BCUT2D eigenvalue weighted by Crippen LogP contribution is -2.38. The lowest BCUT2D eigenvalue weighted by Gasteiger charge is -2.30. The molecule has 5 nitrogen and oxygen atoms in total. The van der Waals surface area contributed by atoms with Gasteiger partial charge in [-0.25, -0.2) is 0 Å². The standard InChI is InChI=1S/C26H26N2O3S/c1-31-22-10-6-5-9-19(22)16-27-25(29)21-15-20(17-7-3-2-4-8-17)26(30)28-13-11-18-12-14-32-24(18)23(21)28/h2-4,7-8,11-15,19,22H,5-6,9-10,16H2,1H3,(H,27,29). The summed E-state index contributed by atoms with van der Waals surface area (Å²) in [4.78, 5) is 26.9. The molecule has 3 aromatic heterocycles. The summed E-state index contributed by atoms with van der Waals surface area (Å²) < 4.78 is 8.22. The van der Waals surface area contributed by atoms with Crippen molar-refractivity contribution in [1.82, 2.24) is 9.72 Å². The molecule has 0 bridgehead atoms. The van der Waals surface area contributed by atoms with Crippen LogP contribution in [0, 0.1) is 5.92 Å². The van der Waals surface area contributed by atoms with Gasteiger partial charge < -0.3 is 10.1 Å². The minimum absolute atomic E-state index is 0.121. The fraction of sp³-hybridized carbons (Fsp3) is 0.308. The maximum atomic E-state index is 13.5. The highest BCUT2D eigenvalue weighted by Gasteiger charge is 2.26. The number of ether oxygens (including phenoxy) is 1. The number of aromatic nitrogens is 1. The molecule has 2 atom stereocenters. The van der Waals surface area contributed by atoms with E-state index >= 15 is 0 Å². The van der Waals surface area contributed by atoms with E-state index in [4.69, 9.17) is 4.74 Å². The molecule has 0 saturated heterocycles. The van der Waals surface area contributed by atoms with Gasteiger partial charge in [0.05, 0.1) is 21.9 Å². The van der Waals surface area contributed by atoms with Crippen molar-refractivity contribution < 1.29 is 9.53 Å². The Kier molecular flexibility index (Phi) is 5.81. The van der Waals surface area contributed by atoms with Crippen LogP contribution in [0.25, 0.3) is 26.7 Å². The topological polar surface area (TPSA) is 59.8 Å². The summed E-state index contributed by atoms with van der Waals surface area (Å²) in [5.41, 5.74) is 2.41. The number of hydrogen-bond donors (Lipinski definition) is 1. The van der Waals surface area contributed by atoms with Crippen LogP contribution < -0.4 is 10.9 Å². The molecule has 4 aromatic rings. The van der Waals surface area contributed by atoms with Crippen LogP contribution in [-0.4, -0.2) is 30.1 Å². The van der Waals surface area contributed by atoms with E-state index in [1.807, 2.05) is 47.8 Å². The van der Waals surface area contributed by atoms with Crippen LogP contribution in [0.1, 0.15) is 36.0 Å². The first-order valence-corrected chi connectivity index (χ1v) is 12.0. The Labute approximate surface area is 190 Å². The lowest BCUT2D eigenvalue weighted by atomic mass is 9.86. The van der Waals surface area contributed by atoms with E-state index in [0.717, 1.165) is 34.9 Å². The molecule has 1 aliphatic rings.